The summed E-state index contributed by atoms with van der Waals surface area (Å²) < 4.78 is 10.8. The number of nitrogens with zero attached hydrogens (tertiary/aromatic N) is 2. The van der Waals surface area contributed by atoms with Crippen LogP contribution in [0.1, 0.15) is 44.7 Å². The third-order valence-electron chi connectivity index (χ3n) is 5.89. The molecular formula is C23H36N2O3. The fourth-order valence-electron chi connectivity index (χ4n) is 4.39. The van der Waals surface area contributed by atoms with Gasteiger partial charge < -0.3 is 14.4 Å². The van der Waals surface area contributed by atoms with Gasteiger partial charge in [-0.25, -0.2) is 4.79 Å². The Balaban J connectivity index is 1.49. The molecule has 1 saturated heterocycles. The molecule has 0 atom stereocenters. The zero-order valence-electron chi connectivity index (χ0n) is 17.9. The Hall–Kier alpha value is -1.59. The smallest absolute Gasteiger partial charge is 0.410 e. The van der Waals surface area contributed by atoms with Gasteiger partial charge in [0.1, 0.15) is 5.60 Å². The van der Waals surface area contributed by atoms with Crippen molar-refractivity contribution >= 4 is 6.09 Å². The van der Waals surface area contributed by atoms with Crippen LogP contribution >= 0.6 is 0 Å². The molecule has 1 aliphatic carbocycles. The van der Waals surface area contributed by atoms with E-state index in [1.54, 1.807) is 7.11 Å². The summed E-state index contributed by atoms with van der Waals surface area (Å²) in [5, 5.41) is 0. The number of rotatable bonds is 6. The number of carbonyl (C=O) groups is 1. The van der Waals surface area contributed by atoms with Gasteiger partial charge in [-0.1, -0.05) is 24.3 Å². The molecule has 0 N–H and O–H groups in total. The summed E-state index contributed by atoms with van der Waals surface area (Å²) in [7, 11) is 1.67. The first-order valence-corrected chi connectivity index (χ1v) is 10.6. The van der Waals surface area contributed by atoms with Crippen molar-refractivity contribution in [3.8, 4) is 0 Å². The van der Waals surface area contributed by atoms with E-state index in [0.29, 0.717) is 25.1 Å². The van der Waals surface area contributed by atoms with Crippen LogP contribution in [0.4, 0.5) is 4.79 Å². The molecule has 2 aliphatic rings. The molecule has 1 heterocycles. The summed E-state index contributed by atoms with van der Waals surface area (Å²) in [5.74, 6) is 0.532. The Kier molecular flexibility index (Phi) is 7.00. The zero-order chi connectivity index (χ0) is 20.1. The van der Waals surface area contributed by atoms with E-state index in [1.165, 1.54) is 24.0 Å². The second-order valence-corrected chi connectivity index (χ2v) is 9.23. The van der Waals surface area contributed by atoms with E-state index < -0.39 is 5.60 Å². The van der Waals surface area contributed by atoms with E-state index in [0.717, 1.165) is 32.5 Å². The molecule has 0 saturated carbocycles. The number of hydrogen-bond acceptors (Lipinski definition) is 4. The van der Waals surface area contributed by atoms with Crippen LogP contribution in [0.25, 0.3) is 0 Å². The van der Waals surface area contributed by atoms with Crippen molar-refractivity contribution in [1.82, 2.24) is 9.80 Å². The lowest BCUT2D eigenvalue weighted by atomic mass is 9.94. The van der Waals surface area contributed by atoms with Gasteiger partial charge in [0.25, 0.3) is 0 Å². The van der Waals surface area contributed by atoms with Gasteiger partial charge in [-0.2, -0.15) is 0 Å². The lowest BCUT2D eigenvalue weighted by molar-refractivity contribution is 0.0133. The van der Waals surface area contributed by atoms with E-state index >= 15 is 0 Å². The van der Waals surface area contributed by atoms with Crippen LogP contribution in [-0.4, -0.2) is 67.4 Å². The van der Waals surface area contributed by atoms with E-state index in [4.69, 9.17) is 9.47 Å². The third-order valence-corrected chi connectivity index (χ3v) is 5.89. The minimum absolute atomic E-state index is 0.224. The lowest BCUT2D eigenvalue weighted by Gasteiger charge is -2.38. The molecule has 28 heavy (non-hydrogen) atoms. The molecule has 3 rings (SSSR count). The Morgan fingerprint density at radius 3 is 2.29 bits per heavy atom. The molecule has 1 fully saturated rings. The molecule has 0 bridgehead atoms. The first-order valence-electron chi connectivity index (χ1n) is 10.6. The van der Waals surface area contributed by atoms with Crippen molar-refractivity contribution in [2.45, 2.75) is 58.1 Å². The largest absolute Gasteiger partial charge is 0.444 e. The molecule has 5 nitrogen and oxygen atoms in total. The van der Waals surface area contributed by atoms with Gasteiger partial charge in [0.15, 0.2) is 0 Å². The monoisotopic (exact) mass is 388 g/mol. The summed E-state index contributed by atoms with van der Waals surface area (Å²) in [4.78, 5) is 17.1. The average Bonchev–Trinajstić information content (AvgIpc) is 3.08. The summed E-state index contributed by atoms with van der Waals surface area (Å²) in [6, 6.07) is 9.50. The second-order valence-electron chi connectivity index (χ2n) is 9.23. The highest BCUT2D eigenvalue weighted by Crippen LogP contribution is 2.29. The summed E-state index contributed by atoms with van der Waals surface area (Å²) in [6.07, 6.45) is 4.41. The second kappa shape index (κ2) is 9.27. The van der Waals surface area contributed by atoms with E-state index in [2.05, 4.69) is 29.2 Å². The molecule has 156 valence electrons. The highest BCUT2D eigenvalue weighted by atomic mass is 16.6. The third kappa shape index (κ3) is 5.71. The summed E-state index contributed by atoms with van der Waals surface area (Å²) in [5.41, 5.74) is 2.57. The SMILES string of the molecule is COCCN(CC1CCN(C2Cc3ccccc3C2)CC1)C(=O)OC(C)(C)C. The molecule has 5 heteroatoms. The molecule has 0 spiro atoms. The summed E-state index contributed by atoms with van der Waals surface area (Å²) in [6.45, 7) is 9.87. The van der Waals surface area contributed by atoms with Gasteiger partial charge in [-0.15, -0.1) is 0 Å². The molecule has 1 aromatic carbocycles. The number of benzene rings is 1. The van der Waals surface area contributed by atoms with Crippen LogP contribution in [0.5, 0.6) is 0 Å². The first-order chi connectivity index (χ1) is 13.4. The van der Waals surface area contributed by atoms with Gasteiger partial charge in [0.05, 0.1) is 6.61 Å². The minimum Gasteiger partial charge on any atom is -0.444 e. The van der Waals surface area contributed by atoms with Crippen molar-refractivity contribution in [3.05, 3.63) is 35.4 Å². The van der Waals surface area contributed by atoms with Gasteiger partial charge in [0, 0.05) is 26.2 Å². The van der Waals surface area contributed by atoms with Crippen LogP contribution in [0.2, 0.25) is 0 Å². The van der Waals surface area contributed by atoms with Crippen molar-refractivity contribution in [1.29, 1.82) is 0 Å². The van der Waals surface area contributed by atoms with Gasteiger partial charge in [0.2, 0.25) is 0 Å². The Morgan fingerprint density at radius 2 is 1.75 bits per heavy atom. The number of fused-ring (bicyclic) bond motifs is 1. The van der Waals surface area contributed by atoms with Gasteiger partial charge in [-0.05, 0) is 76.6 Å². The van der Waals surface area contributed by atoms with Crippen LogP contribution in [0.15, 0.2) is 24.3 Å². The Morgan fingerprint density at radius 1 is 1.14 bits per heavy atom. The molecule has 0 aromatic heterocycles. The van der Waals surface area contributed by atoms with Crippen molar-refractivity contribution < 1.29 is 14.3 Å². The van der Waals surface area contributed by atoms with Crippen molar-refractivity contribution in [2.24, 2.45) is 5.92 Å². The lowest BCUT2D eigenvalue weighted by Crippen LogP contribution is -2.46. The number of methoxy groups -OCH3 is 1. The molecule has 1 amide bonds. The van der Waals surface area contributed by atoms with E-state index in [1.807, 2.05) is 25.7 Å². The predicted octanol–water partition coefficient (Wildman–Crippen LogP) is 3.75. The quantitative estimate of drug-likeness (QED) is 0.744. The highest BCUT2D eigenvalue weighted by molar-refractivity contribution is 5.68. The van der Waals surface area contributed by atoms with Crippen LogP contribution in [0, 0.1) is 5.92 Å². The fourth-order valence-corrected chi connectivity index (χ4v) is 4.39. The molecule has 1 aromatic rings. The van der Waals surface area contributed by atoms with E-state index in [-0.39, 0.29) is 6.09 Å². The number of ether oxygens (including phenoxy) is 2. The molecule has 0 unspecified atom stereocenters. The molecule has 1 aliphatic heterocycles. The minimum atomic E-state index is -0.469. The highest BCUT2D eigenvalue weighted by Gasteiger charge is 2.31. The van der Waals surface area contributed by atoms with Crippen LogP contribution in [0.3, 0.4) is 0 Å². The van der Waals surface area contributed by atoms with Crippen LogP contribution < -0.4 is 0 Å². The van der Waals surface area contributed by atoms with E-state index in [9.17, 15) is 4.79 Å². The predicted molar refractivity (Wildman–Crippen MR) is 112 cm³/mol. The summed E-state index contributed by atoms with van der Waals surface area (Å²) >= 11 is 0. The van der Waals surface area contributed by atoms with Crippen LogP contribution in [-0.2, 0) is 22.3 Å². The molecular weight excluding hydrogens is 352 g/mol. The fraction of sp³-hybridized carbons (Fsp3) is 0.696. The molecule has 0 radical (unpaired) electrons. The maximum absolute atomic E-state index is 12.6. The number of likely N-dealkylation sites (tertiary alicyclic amines) is 1. The average molecular weight is 389 g/mol. The van der Waals surface area contributed by atoms with Gasteiger partial charge in [-0.3, -0.25) is 4.90 Å². The Labute approximate surface area is 170 Å². The topological polar surface area (TPSA) is 42.0 Å². The first kappa shape index (κ1) is 21.1. The maximum atomic E-state index is 12.6. The standard InChI is InChI=1S/C23H36N2O3/c1-23(2,3)28-22(26)25(13-14-27-4)17-18-9-11-24(12-10-18)21-15-19-7-5-6-8-20(19)16-21/h5-8,18,21H,9-17H2,1-4H3. The maximum Gasteiger partial charge on any atom is 0.410 e. The number of piperidine rings is 1. The number of hydrogen-bond donors (Lipinski definition) is 0. The van der Waals surface area contributed by atoms with Crippen molar-refractivity contribution in [2.75, 3.05) is 39.9 Å². The van der Waals surface area contributed by atoms with Crippen molar-refractivity contribution in [3.63, 3.8) is 0 Å². The number of carbonyl (C=O) groups excluding carboxylic acids is 1. The van der Waals surface area contributed by atoms with Gasteiger partial charge >= 0.3 is 6.09 Å². The zero-order valence-corrected chi connectivity index (χ0v) is 17.9. The Bertz CT molecular complexity index is 622. The normalized spacial score (nSPS) is 18.9. The number of amides is 1.